The molecule has 3 heteroatoms. The molecule has 4 atom stereocenters. The van der Waals surface area contributed by atoms with E-state index in [9.17, 15) is 0 Å². The summed E-state index contributed by atoms with van der Waals surface area (Å²) in [5.74, 6) is 3.91. The highest BCUT2D eigenvalue weighted by Gasteiger charge is 2.62. The van der Waals surface area contributed by atoms with E-state index in [0.29, 0.717) is 11.5 Å². The number of anilines is 2. The average Bonchev–Trinajstić information content (AvgIpc) is 2.54. The van der Waals surface area contributed by atoms with Crippen LogP contribution in [0.3, 0.4) is 0 Å². The Kier molecular flexibility index (Phi) is 4.03. The van der Waals surface area contributed by atoms with Gasteiger partial charge in [-0.3, -0.25) is 0 Å². The molecule has 2 aliphatic carbocycles. The molecule has 0 spiro atoms. The molecule has 0 radical (unpaired) electrons. The summed E-state index contributed by atoms with van der Waals surface area (Å²) >= 11 is 0. The summed E-state index contributed by atoms with van der Waals surface area (Å²) in [6, 6.07) is 8.70. The van der Waals surface area contributed by atoms with E-state index < -0.39 is 0 Å². The first-order valence-corrected chi connectivity index (χ1v) is 9.80. The Morgan fingerprint density at radius 3 is 2.58 bits per heavy atom. The van der Waals surface area contributed by atoms with Gasteiger partial charge in [0.25, 0.3) is 0 Å². The summed E-state index contributed by atoms with van der Waals surface area (Å²) in [6.45, 7) is 11.2. The lowest BCUT2D eigenvalue weighted by molar-refractivity contribution is -0.203. The topological polar surface area (TPSA) is 41.3 Å². The third-order valence-electron chi connectivity index (χ3n) is 7.67. The van der Waals surface area contributed by atoms with E-state index in [-0.39, 0.29) is 0 Å². The molecular formula is C21H33N3. The van der Waals surface area contributed by atoms with E-state index >= 15 is 0 Å². The van der Waals surface area contributed by atoms with Crippen LogP contribution in [0.1, 0.15) is 40.0 Å². The quantitative estimate of drug-likeness (QED) is 0.819. The SMILES string of the molecule is C[C@@H]1C2[C@@H](CN3CCC(Nc4ccccc4N)CC3)C[C@H]2C1(C)C. The fourth-order valence-corrected chi connectivity index (χ4v) is 5.68. The Morgan fingerprint density at radius 1 is 1.21 bits per heavy atom. The highest BCUT2D eigenvalue weighted by molar-refractivity contribution is 5.65. The zero-order valence-corrected chi connectivity index (χ0v) is 15.5. The molecule has 2 saturated carbocycles. The van der Waals surface area contributed by atoms with Crippen LogP contribution in [0.2, 0.25) is 0 Å². The zero-order valence-electron chi connectivity index (χ0n) is 15.5. The van der Waals surface area contributed by atoms with Gasteiger partial charge in [0.15, 0.2) is 0 Å². The molecule has 24 heavy (non-hydrogen) atoms. The van der Waals surface area contributed by atoms with Gasteiger partial charge in [0.1, 0.15) is 0 Å². The fraction of sp³-hybridized carbons (Fsp3) is 0.714. The van der Waals surface area contributed by atoms with E-state index in [1.54, 1.807) is 0 Å². The number of hydrogen-bond donors (Lipinski definition) is 2. The van der Waals surface area contributed by atoms with Crippen LogP contribution in [0.5, 0.6) is 0 Å². The molecule has 0 amide bonds. The minimum absolute atomic E-state index is 0.571. The molecule has 1 saturated heterocycles. The molecule has 3 nitrogen and oxygen atoms in total. The van der Waals surface area contributed by atoms with Crippen LogP contribution in [0.15, 0.2) is 24.3 Å². The van der Waals surface area contributed by atoms with Crippen molar-refractivity contribution in [1.29, 1.82) is 0 Å². The monoisotopic (exact) mass is 327 g/mol. The predicted molar refractivity (Wildman–Crippen MR) is 102 cm³/mol. The first-order valence-electron chi connectivity index (χ1n) is 9.80. The second kappa shape index (κ2) is 5.94. The highest BCUT2D eigenvalue weighted by Crippen LogP contribution is 2.67. The van der Waals surface area contributed by atoms with Crippen LogP contribution in [-0.2, 0) is 0 Å². The van der Waals surface area contributed by atoms with Crippen LogP contribution in [0.4, 0.5) is 11.4 Å². The number of benzene rings is 1. The number of nitrogens with zero attached hydrogens (tertiary/aromatic N) is 1. The summed E-state index contributed by atoms with van der Waals surface area (Å²) in [6.07, 6.45) is 3.94. The third kappa shape index (κ3) is 2.61. The molecule has 0 bridgehead atoms. The molecule has 1 aromatic rings. The van der Waals surface area contributed by atoms with Gasteiger partial charge in [0.2, 0.25) is 0 Å². The molecule has 4 rings (SSSR count). The van der Waals surface area contributed by atoms with E-state index in [4.69, 9.17) is 5.73 Å². The molecule has 1 aromatic carbocycles. The first-order chi connectivity index (χ1) is 11.5. The fourth-order valence-electron chi connectivity index (χ4n) is 5.68. The second-order valence-corrected chi connectivity index (χ2v) is 9.10. The van der Waals surface area contributed by atoms with Crippen LogP contribution in [-0.4, -0.2) is 30.6 Å². The molecule has 3 aliphatic rings. The lowest BCUT2D eigenvalue weighted by atomic mass is 9.37. The normalized spacial score (nSPS) is 35.6. The van der Waals surface area contributed by atoms with Crippen molar-refractivity contribution >= 4 is 11.4 Å². The average molecular weight is 328 g/mol. The van der Waals surface area contributed by atoms with Crippen LogP contribution in [0, 0.1) is 29.1 Å². The Morgan fingerprint density at radius 2 is 1.92 bits per heavy atom. The van der Waals surface area contributed by atoms with Crippen molar-refractivity contribution in [3.63, 3.8) is 0 Å². The minimum atomic E-state index is 0.571. The van der Waals surface area contributed by atoms with Gasteiger partial charge >= 0.3 is 0 Å². The molecule has 1 aliphatic heterocycles. The summed E-state index contributed by atoms with van der Waals surface area (Å²) in [5.41, 5.74) is 8.62. The van der Waals surface area contributed by atoms with E-state index in [1.807, 2.05) is 12.1 Å². The number of nitrogens with two attached hydrogens (primary N) is 1. The molecular weight excluding hydrogens is 294 g/mol. The number of piperidine rings is 1. The van der Waals surface area contributed by atoms with Gasteiger partial charge in [-0.25, -0.2) is 0 Å². The van der Waals surface area contributed by atoms with Crippen molar-refractivity contribution < 1.29 is 0 Å². The van der Waals surface area contributed by atoms with Gasteiger partial charge in [-0.05, 0) is 60.5 Å². The summed E-state index contributed by atoms with van der Waals surface area (Å²) < 4.78 is 0. The van der Waals surface area contributed by atoms with Gasteiger partial charge in [-0.15, -0.1) is 0 Å². The first kappa shape index (κ1) is 16.3. The standard InChI is InChI=1S/C21H33N3/c1-14-20-15(12-17(20)21(14,2)3)13-24-10-8-16(9-11-24)23-19-7-5-4-6-18(19)22/h4-7,14-17,20,23H,8-13,22H2,1-3H3/t14-,15-,17-,20?/m1/s1. The Bertz CT molecular complexity index is 581. The summed E-state index contributed by atoms with van der Waals surface area (Å²) in [4.78, 5) is 2.71. The number of likely N-dealkylation sites (tertiary alicyclic amines) is 1. The highest BCUT2D eigenvalue weighted by atomic mass is 15.1. The largest absolute Gasteiger partial charge is 0.397 e. The van der Waals surface area contributed by atoms with E-state index in [0.717, 1.165) is 35.0 Å². The van der Waals surface area contributed by atoms with Crippen molar-refractivity contribution in [3.05, 3.63) is 24.3 Å². The van der Waals surface area contributed by atoms with Gasteiger partial charge in [-0.1, -0.05) is 32.9 Å². The Hall–Kier alpha value is -1.22. The number of hydrogen-bond acceptors (Lipinski definition) is 3. The van der Waals surface area contributed by atoms with Crippen molar-refractivity contribution in [2.75, 3.05) is 30.7 Å². The van der Waals surface area contributed by atoms with E-state index in [1.165, 1.54) is 38.9 Å². The number of para-hydroxylation sites is 2. The number of fused-ring (bicyclic) bond motifs is 1. The molecule has 1 unspecified atom stereocenters. The smallest absolute Gasteiger partial charge is 0.0576 e. The maximum Gasteiger partial charge on any atom is 0.0576 e. The van der Waals surface area contributed by atoms with Crippen LogP contribution in [0.25, 0.3) is 0 Å². The maximum atomic E-state index is 6.05. The summed E-state index contributed by atoms with van der Waals surface area (Å²) in [5, 5.41) is 3.64. The Labute approximate surface area is 147 Å². The lowest BCUT2D eigenvalue weighted by Crippen LogP contribution is -2.64. The molecule has 0 aromatic heterocycles. The van der Waals surface area contributed by atoms with Crippen LogP contribution >= 0.6 is 0 Å². The van der Waals surface area contributed by atoms with E-state index in [2.05, 4.69) is 43.1 Å². The maximum absolute atomic E-state index is 6.05. The minimum Gasteiger partial charge on any atom is -0.397 e. The van der Waals surface area contributed by atoms with Crippen molar-refractivity contribution in [2.45, 2.75) is 46.1 Å². The molecule has 1 heterocycles. The lowest BCUT2D eigenvalue weighted by Gasteiger charge is -2.69. The second-order valence-electron chi connectivity index (χ2n) is 9.10. The van der Waals surface area contributed by atoms with Gasteiger partial charge in [0, 0.05) is 25.7 Å². The predicted octanol–water partition coefficient (Wildman–Crippen LogP) is 4.07. The summed E-state index contributed by atoms with van der Waals surface area (Å²) in [7, 11) is 0. The molecule has 3 fully saturated rings. The number of nitrogens with one attached hydrogen (secondary N) is 1. The van der Waals surface area contributed by atoms with Crippen molar-refractivity contribution in [2.24, 2.45) is 29.1 Å². The van der Waals surface area contributed by atoms with Gasteiger partial charge < -0.3 is 16.0 Å². The Balaban J connectivity index is 1.24. The van der Waals surface area contributed by atoms with Gasteiger partial charge in [-0.2, -0.15) is 0 Å². The third-order valence-corrected chi connectivity index (χ3v) is 7.67. The number of nitrogen functional groups attached to an aromatic ring is 1. The van der Waals surface area contributed by atoms with Crippen molar-refractivity contribution in [3.8, 4) is 0 Å². The van der Waals surface area contributed by atoms with Crippen molar-refractivity contribution in [1.82, 2.24) is 4.90 Å². The zero-order chi connectivity index (χ0) is 16.9. The number of rotatable bonds is 4. The van der Waals surface area contributed by atoms with Crippen LogP contribution < -0.4 is 11.1 Å². The molecule has 132 valence electrons. The molecule has 3 N–H and O–H groups in total. The van der Waals surface area contributed by atoms with Gasteiger partial charge in [0.05, 0.1) is 11.4 Å².